The molecule has 10 aromatic rings. The summed E-state index contributed by atoms with van der Waals surface area (Å²) in [6, 6.07) is 45.5. The van der Waals surface area contributed by atoms with E-state index in [9.17, 15) is 0 Å². The number of fused-ring (bicyclic) bond motifs is 19. The SMILES string of the molecule is C=C1CC2C(CCc3cc4c(cc3-c3cc(C(C)(C)C)cc[n+]31)c1cccc3c5ccc6c7ccccc7oc6c5n4c13)c1ccccc1-c1cccc[n+]12. The second kappa shape index (κ2) is 10.9. The van der Waals surface area contributed by atoms with Gasteiger partial charge in [-0.1, -0.05) is 81.4 Å². The number of hydrogen-bond acceptors (Lipinski definition) is 1. The first-order valence-electron chi connectivity index (χ1n) is 19.7. The molecule has 0 aliphatic carbocycles. The van der Waals surface area contributed by atoms with Gasteiger partial charge in [-0.15, -0.1) is 0 Å². The first-order valence-corrected chi connectivity index (χ1v) is 19.7. The fraction of sp³-hybridized carbons (Fsp3) is 0.176. The third kappa shape index (κ3) is 4.23. The van der Waals surface area contributed by atoms with Crippen molar-refractivity contribution in [1.29, 1.82) is 0 Å². The van der Waals surface area contributed by atoms with Crippen LogP contribution in [0.5, 0.6) is 0 Å². The van der Waals surface area contributed by atoms with Crippen molar-refractivity contribution in [3.05, 3.63) is 157 Å². The van der Waals surface area contributed by atoms with Crippen LogP contribution in [0.2, 0.25) is 0 Å². The van der Waals surface area contributed by atoms with Crippen LogP contribution in [-0.4, -0.2) is 4.40 Å². The standard InChI is InChI=1S/C51H41N3O/c1-30-26-44-35(33-12-5-6-13-34(33)43-17-9-10-24-53(43)44)20-19-31-27-46-42(29-41(31)45-28-32(51(2,3)4)23-25-52(30)45)38-16-11-15-37-39-21-22-40-36-14-7-8-18-47(36)55-50(40)49(39)54(46)48(37)38/h5-18,21-25,27-29,35,44H,1,19-20,26H2,2-4H3/q+2. The molecule has 2 aliphatic rings. The minimum Gasteiger partial charge on any atom is -0.454 e. The van der Waals surface area contributed by atoms with Crippen LogP contribution in [0.3, 0.4) is 0 Å². The van der Waals surface area contributed by atoms with Crippen LogP contribution in [0.1, 0.15) is 62.3 Å². The van der Waals surface area contributed by atoms with E-state index in [0.717, 1.165) is 52.4 Å². The van der Waals surface area contributed by atoms with Gasteiger partial charge in [-0.3, -0.25) is 0 Å². The molecule has 7 heterocycles. The lowest BCUT2D eigenvalue weighted by atomic mass is 9.77. The largest absolute Gasteiger partial charge is 0.454 e. The first kappa shape index (κ1) is 31.1. The molecule has 12 rings (SSSR count). The molecule has 0 spiro atoms. The molecule has 55 heavy (non-hydrogen) atoms. The van der Waals surface area contributed by atoms with Gasteiger partial charge in [-0.25, -0.2) is 0 Å². The van der Waals surface area contributed by atoms with Crippen molar-refractivity contribution in [3.63, 3.8) is 0 Å². The summed E-state index contributed by atoms with van der Waals surface area (Å²) < 4.78 is 14.2. The number of allylic oxidation sites excluding steroid dienone is 1. The summed E-state index contributed by atoms with van der Waals surface area (Å²) >= 11 is 0. The van der Waals surface area contributed by atoms with E-state index in [0.29, 0.717) is 5.92 Å². The molecule has 2 unspecified atom stereocenters. The zero-order valence-electron chi connectivity index (χ0n) is 31.4. The molecular formula is C51H41N3O+2. The van der Waals surface area contributed by atoms with Crippen molar-refractivity contribution in [2.45, 2.75) is 57.4 Å². The summed E-state index contributed by atoms with van der Waals surface area (Å²) in [5.41, 5.74) is 15.9. The van der Waals surface area contributed by atoms with Gasteiger partial charge in [-0.05, 0) is 77.9 Å². The summed E-state index contributed by atoms with van der Waals surface area (Å²) in [6.07, 6.45) is 7.41. The van der Waals surface area contributed by atoms with Gasteiger partial charge in [0.2, 0.25) is 11.4 Å². The Morgan fingerprint density at radius 2 is 1.44 bits per heavy atom. The van der Waals surface area contributed by atoms with Crippen molar-refractivity contribution in [2.75, 3.05) is 0 Å². The number of furan rings is 1. The highest BCUT2D eigenvalue weighted by molar-refractivity contribution is 6.28. The van der Waals surface area contributed by atoms with Crippen LogP contribution in [0.25, 0.3) is 88.2 Å². The van der Waals surface area contributed by atoms with Gasteiger partial charge >= 0.3 is 0 Å². The van der Waals surface area contributed by atoms with E-state index >= 15 is 0 Å². The molecule has 5 aromatic carbocycles. The highest BCUT2D eigenvalue weighted by atomic mass is 16.3. The third-order valence-electron chi connectivity index (χ3n) is 13.0. The Labute approximate surface area is 319 Å². The van der Waals surface area contributed by atoms with Gasteiger partial charge in [0.25, 0.3) is 0 Å². The molecule has 0 amide bonds. The molecule has 0 N–H and O–H groups in total. The fourth-order valence-electron chi connectivity index (χ4n) is 10.4. The monoisotopic (exact) mass is 711 g/mol. The van der Waals surface area contributed by atoms with E-state index in [4.69, 9.17) is 11.0 Å². The highest BCUT2D eigenvalue weighted by Crippen LogP contribution is 2.47. The van der Waals surface area contributed by atoms with Gasteiger partial charge in [0.15, 0.2) is 29.7 Å². The van der Waals surface area contributed by atoms with Crippen molar-refractivity contribution >= 4 is 65.7 Å². The number of nitrogens with zero attached hydrogens (tertiary/aromatic N) is 3. The lowest BCUT2D eigenvalue weighted by Crippen LogP contribution is -2.49. The summed E-state index contributed by atoms with van der Waals surface area (Å²) in [6.45, 7) is 11.8. The Bertz CT molecular complexity index is 3260. The Morgan fingerprint density at radius 1 is 0.673 bits per heavy atom. The Morgan fingerprint density at radius 3 is 2.33 bits per heavy atom. The molecule has 264 valence electrons. The maximum Gasteiger partial charge on any atom is 0.218 e. The number of benzene rings is 5. The molecule has 0 fully saturated rings. The predicted molar refractivity (Wildman–Crippen MR) is 225 cm³/mol. The van der Waals surface area contributed by atoms with Crippen LogP contribution in [0.15, 0.2) is 145 Å². The van der Waals surface area contributed by atoms with Crippen molar-refractivity contribution in [1.82, 2.24) is 4.40 Å². The summed E-state index contributed by atoms with van der Waals surface area (Å²) in [5.74, 6) is 0.330. The highest BCUT2D eigenvalue weighted by Gasteiger charge is 2.42. The van der Waals surface area contributed by atoms with Gasteiger partial charge in [0.05, 0.1) is 28.5 Å². The molecule has 2 atom stereocenters. The fourth-order valence-corrected chi connectivity index (χ4v) is 10.4. The predicted octanol–water partition coefficient (Wildman–Crippen LogP) is 12.1. The zero-order chi connectivity index (χ0) is 36.7. The number of hydrogen-bond donors (Lipinski definition) is 0. The van der Waals surface area contributed by atoms with Crippen LogP contribution in [0.4, 0.5) is 0 Å². The van der Waals surface area contributed by atoms with Gasteiger partial charge in [0, 0.05) is 68.1 Å². The summed E-state index contributed by atoms with van der Waals surface area (Å²) in [7, 11) is 0. The van der Waals surface area contributed by atoms with Gasteiger partial charge < -0.3 is 8.82 Å². The topological polar surface area (TPSA) is 25.3 Å². The number of para-hydroxylation sites is 2. The lowest BCUT2D eigenvalue weighted by Gasteiger charge is -2.31. The van der Waals surface area contributed by atoms with E-state index in [1.54, 1.807) is 0 Å². The molecule has 0 radical (unpaired) electrons. The number of pyridine rings is 2. The van der Waals surface area contributed by atoms with Crippen molar-refractivity contribution in [3.8, 4) is 22.5 Å². The minimum atomic E-state index is -0.00307. The molecule has 4 heteroatoms. The minimum absolute atomic E-state index is 0.00307. The average Bonchev–Trinajstić information content (AvgIpc) is 3.86. The number of aryl methyl sites for hydroxylation is 1. The summed E-state index contributed by atoms with van der Waals surface area (Å²) in [4.78, 5) is 0. The van der Waals surface area contributed by atoms with E-state index in [1.807, 2.05) is 0 Å². The molecule has 0 bridgehead atoms. The maximum absolute atomic E-state index is 6.74. The first-order chi connectivity index (χ1) is 26.8. The number of rotatable bonds is 0. The molecule has 2 aliphatic heterocycles. The summed E-state index contributed by atoms with van der Waals surface area (Å²) in [5, 5.41) is 7.37. The molecule has 0 saturated carbocycles. The lowest BCUT2D eigenvalue weighted by molar-refractivity contribution is -0.720. The molecule has 0 saturated heterocycles. The smallest absolute Gasteiger partial charge is 0.218 e. The van der Waals surface area contributed by atoms with E-state index in [-0.39, 0.29) is 11.5 Å². The second-order valence-corrected chi connectivity index (χ2v) is 17.0. The zero-order valence-corrected chi connectivity index (χ0v) is 31.4. The average molecular weight is 712 g/mol. The van der Waals surface area contributed by atoms with Crippen molar-refractivity contribution in [2.24, 2.45) is 0 Å². The Balaban J connectivity index is 1.17. The van der Waals surface area contributed by atoms with Crippen LogP contribution in [-0.2, 0) is 11.8 Å². The van der Waals surface area contributed by atoms with Crippen LogP contribution in [0, 0.1) is 0 Å². The normalized spacial score (nSPS) is 17.2. The van der Waals surface area contributed by atoms with Gasteiger partial charge in [-0.2, -0.15) is 9.13 Å². The Hall–Kier alpha value is -6.26. The molecule has 5 aromatic heterocycles. The van der Waals surface area contributed by atoms with Gasteiger partial charge in [0.1, 0.15) is 5.58 Å². The van der Waals surface area contributed by atoms with E-state index in [1.165, 1.54) is 71.8 Å². The quantitative estimate of drug-likeness (QED) is 0.144. The van der Waals surface area contributed by atoms with E-state index < -0.39 is 0 Å². The van der Waals surface area contributed by atoms with Crippen LogP contribution < -0.4 is 9.13 Å². The third-order valence-corrected chi connectivity index (χ3v) is 13.0. The van der Waals surface area contributed by atoms with Crippen molar-refractivity contribution < 1.29 is 13.6 Å². The number of aromatic nitrogens is 3. The Kier molecular flexibility index (Phi) is 6.18. The second-order valence-electron chi connectivity index (χ2n) is 17.0. The molecular weight excluding hydrogens is 671 g/mol. The maximum atomic E-state index is 6.74. The van der Waals surface area contributed by atoms with Crippen LogP contribution >= 0.6 is 0 Å². The van der Waals surface area contributed by atoms with E-state index in [2.05, 4.69) is 168 Å². The molecule has 4 nitrogen and oxygen atoms in total.